The zero-order valence-electron chi connectivity index (χ0n) is 15.8. The summed E-state index contributed by atoms with van der Waals surface area (Å²) in [6, 6.07) is 3.80. The summed E-state index contributed by atoms with van der Waals surface area (Å²) < 4.78 is 15.6. The molecule has 0 amide bonds. The number of ketones is 1. The number of carbonyl (C=O) groups is 2. The number of hydrogen-bond acceptors (Lipinski definition) is 6. The van der Waals surface area contributed by atoms with Crippen molar-refractivity contribution in [1.82, 2.24) is 0 Å². The minimum atomic E-state index is -0.791. The fraction of sp³-hybridized carbons (Fsp3) is 0.579. The predicted octanol–water partition coefficient (Wildman–Crippen LogP) is 3.05. The number of hydrogen-bond donors (Lipinski definition) is 1. The van der Waals surface area contributed by atoms with Gasteiger partial charge in [0.05, 0.1) is 13.2 Å². The summed E-state index contributed by atoms with van der Waals surface area (Å²) in [4.78, 5) is 23.6. The zero-order valence-corrected chi connectivity index (χ0v) is 15.8. The Morgan fingerprint density at radius 1 is 1.12 bits per heavy atom. The second-order valence-corrected chi connectivity index (χ2v) is 6.82. The second kappa shape index (κ2) is 9.53. The van der Waals surface area contributed by atoms with E-state index < -0.39 is 11.6 Å². The third kappa shape index (κ3) is 6.84. The molecule has 6 nitrogen and oxygen atoms in total. The summed E-state index contributed by atoms with van der Waals surface area (Å²) in [5.41, 5.74) is 7.63. The van der Waals surface area contributed by atoms with Crippen molar-refractivity contribution in [3.05, 3.63) is 28.8 Å². The number of nitrogens with two attached hydrogens (primary N) is 1. The van der Waals surface area contributed by atoms with Crippen LogP contribution in [0.5, 0.6) is 5.75 Å². The standard InChI is InChI=1S/C19H29NO5/c1-13-10-14(2)17(19(4,5)12-15(3)21)16(11-13)25-18(22)24-9-8-23-7-6-20/h10-11H,6-9,12,20H2,1-5H3. The van der Waals surface area contributed by atoms with Crippen molar-refractivity contribution >= 4 is 11.9 Å². The van der Waals surface area contributed by atoms with Crippen LogP contribution in [0.2, 0.25) is 0 Å². The number of rotatable bonds is 9. The fourth-order valence-electron chi connectivity index (χ4n) is 3.08. The molecule has 0 aliphatic carbocycles. The van der Waals surface area contributed by atoms with E-state index >= 15 is 0 Å². The van der Waals surface area contributed by atoms with Crippen molar-refractivity contribution in [3.63, 3.8) is 0 Å². The van der Waals surface area contributed by atoms with Crippen molar-refractivity contribution in [3.8, 4) is 5.75 Å². The zero-order chi connectivity index (χ0) is 19.0. The summed E-state index contributed by atoms with van der Waals surface area (Å²) in [5.74, 6) is 0.507. The highest BCUT2D eigenvalue weighted by Gasteiger charge is 2.29. The van der Waals surface area contributed by atoms with E-state index in [1.54, 1.807) is 13.0 Å². The van der Waals surface area contributed by atoms with Gasteiger partial charge in [-0.2, -0.15) is 0 Å². The van der Waals surface area contributed by atoms with Crippen LogP contribution >= 0.6 is 0 Å². The van der Waals surface area contributed by atoms with Crippen molar-refractivity contribution in [1.29, 1.82) is 0 Å². The van der Waals surface area contributed by atoms with Gasteiger partial charge >= 0.3 is 6.16 Å². The monoisotopic (exact) mass is 351 g/mol. The normalized spacial score (nSPS) is 11.3. The van der Waals surface area contributed by atoms with Crippen LogP contribution in [0, 0.1) is 13.8 Å². The Balaban J connectivity index is 2.91. The van der Waals surface area contributed by atoms with Crippen LogP contribution in [0.3, 0.4) is 0 Å². The molecule has 0 aliphatic rings. The maximum atomic E-state index is 12.0. The van der Waals surface area contributed by atoms with Gasteiger partial charge < -0.3 is 19.9 Å². The highest BCUT2D eigenvalue weighted by molar-refractivity contribution is 5.77. The number of aryl methyl sites for hydroxylation is 2. The molecule has 0 radical (unpaired) electrons. The molecule has 0 heterocycles. The quantitative estimate of drug-likeness (QED) is 0.418. The Hall–Kier alpha value is -1.92. The van der Waals surface area contributed by atoms with Crippen molar-refractivity contribution < 1.29 is 23.8 Å². The van der Waals surface area contributed by atoms with E-state index in [0.29, 0.717) is 25.3 Å². The van der Waals surface area contributed by atoms with E-state index in [1.807, 2.05) is 33.8 Å². The molecule has 0 aliphatic heterocycles. The van der Waals surface area contributed by atoms with Crippen LogP contribution in [-0.4, -0.2) is 38.3 Å². The molecule has 1 aromatic rings. The number of ether oxygens (including phenoxy) is 3. The fourth-order valence-corrected chi connectivity index (χ4v) is 3.08. The van der Waals surface area contributed by atoms with Gasteiger partial charge in [0.1, 0.15) is 18.1 Å². The third-order valence-electron chi connectivity index (χ3n) is 3.71. The SMILES string of the molecule is CC(=O)CC(C)(C)c1c(C)cc(C)cc1OC(=O)OCCOCCN. The second-order valence-electron chi connectivity index (χ2n) is 6.82. The molecule has 140 valence electrons. The maximum absolute atomic E-state index is 12.0. The summed E-state index contributed by atoms with van der Waals surface area (Å²) in [6.45, 7) is 10.5. The average Bonchev–Trinajstić information content (AvgIpc) is 2.44. The lowest BCUT2D eigenvalue weighted by atomic mass is 9.77. The lowest BCUT2D eigenvalue weighted by molar-refractivity contribution is -0.118. The van der Waals surface area contributed by atoms with Crippen molar-refractivity contribution in [2.24, 2.45) is 5.73 Å². The molecule has 1 aromatic carbocycles. The molecular weight excluding hydrogens is 322 g/mol. The van der Waals surface area contributed by atoms with E-state index in [-0.39, 0.29) is 19.0 Å². The largest absolute Gasteiger partial charge is 0.513 e. The highest BCUT2D eigenvalue weighted by Crippen LogP contribution is 2.38. The van der Waals surface area contributed by atoms with Gasteiger partial charge in [0.25, 0.3) is 0 Å². The van der Waals surface area contributed by atoms with Gasteiger partial charge in [0, 0.05) is 23.9 Å². The van der Waals surface area contributed by atoms with Crippen LogP contribution in [0.25, 0.3) is 0 Å². The minimum Gasteiger partial charge on any atom is -0.432 e. The Bertz CT molecular complexity index is 610. The maximum Gasteiger partial charge on any atom is 0.513 e. The van der Waals surface area contributed by atoms with Gasteiger partial charge in [-0.05, 0) is 38.0 Å². The van der Waals surface area contributed by atoms with E-state index in [9.17, 15) is 9.59 Å². The minimum absolute atomic E-state index is 0.0792. The molecule has 0 spiro atoms. The van der Waals surface area contributed by atoms with E-state index in [4.69, 9.17) is 19.9 Å². The van der Waals surface area contributed by atoms with Crippen molar-refractivity contribution in [2.75, 3.05) is 26.4 Å². The van der Waals surface area contributed by atoms with Gasteiger partial charge in [-0.15, -0.1) is 0 Å². The van der Waals surface area contributed by atoms with Crippen LogP contribution in [0.1, 0.15) is 43.9 Å². The molecule has 0 fully saturated rings. The number of benzene rings is 1. The Morgan fingerprint density at radius 3 is 2.40 bits per heavy atom. The number of carbonyl (C=O) groups excluding carboxylic acids is 2. The van der Waals surface area contributed by atoms with E-state index in [2.05, 4.69) is 0 Å². The molecular formula is C19H29NO5. The molecule has 0 atom stereocenters. The molecule has 0 saturated heterocycles. The Morgan fingerprint density at radius 2 is 1.80 bits per heavy atom. The smallest absolute Gasteiger partial charge is 0.432 e. The first kappa shape index (κ1) is 21.1. The van der Waals surface area contributed by atoms with Crippen LogP contribution < -0.4 is 10.5 Å². The van der Waals surface area contributed by atoms with Gasteiger partial charge in [0.2, 0.25) is 0 Å². The predicted molar refractivity (Wildman–Crippen MR) is 96.1 cm³/mol. The third-order valence-corrected chi connectivity index (χ3v) is 3.71. The van der Waals surface area contributed by atoms with Crippen LogP contribution in [-0.2, 0) is 19.7 Å². The highest BCUT2D eigenvalue weighted by atomic mass is 16.7. The molecule has 6 heteroatoms. The molecule has 0 aromatic heterocycles. The van der Waals surface area contributed by atoms with E-state index in [1.165, 1.54) is 0 Å². The molecule has 0 saturated carbocycles. The molecule has 0 unspecified atom stereocenters. The first-order chi connectivity index (χ1) is 11.7. The molecule has 0 bridgehead atoms. The van der Waals surface area contributed by atoms with Crippen LogP contribution in [0.4, 0.5) is 4.79 Å². The summed E-state index contributed by atoms with van der Waals surface area (Å²) in [6.07, 6.45) is -0.434. The lowest BCUT2D eigenvalue weighted by Gasteiger charge is -2.28. The first-order valence-corrected chi connectivity index (χ1v) is 8.41. The molecule has 25 heavy (non-hydrogen) atoms. The summed E-state index contributed by atoms with van der Waals surface area (Å²) in [5, 5.41) is 0. The Kier molecular flexibility index (Phi) is 8.06. The number of Topliss-reactive ketones (excluding diaryl/α,β-unsaturated/α-hetero) is 1. The van der Waals surface area contributed by atoms with Gasteiger partial charge in [-0.3, -0.25) is 4.79 Å². The molecule has 1 rings (SSSR count). The van der Waals surface area contributed by atoms with Gasteiger partial charge in [-0.1, -0.05) is 19.9 Å². The molecule has 2 N–H and O–H groups in total. The lowest BCUT2D eigenvalue weighted by Crippen LogP contribution is -2.24. The van der Waals surface area contributed by atoms with Gasteiger partial charge in [0.15, 0.2) is 0 Å². The first-order valence-electron chi connectivity index (χ1n) is 8.41. The topological polar surface area (TPSA) is 87.9 Å². The summed E-state index contributed by atoms with van der Waals surface area (Å²) >= 11 is 0. The Labute approximate surface area is 149 Å². The van der Waals surface area contributed by atoms with Crippen LogP contribution in [0.15, 0.2) is 12.1 Å². The van der Waals surface area contributed by atoms with E-state index in [0.717, 1.165) is 16.7 Å². The van der Waals surface area contributed by atoms with Crippen molar-refractivity contribution in [2.45, 2.75) is 46.5 Å². The average molecular weight is 351 g/mol. The van der Waals surface area contributed by atoms with Gasteiger partial charge in [-0.25, -0.2) is 4.79 Å². The summed E-state index contributed by atoms with van der Waals surface area (Å²) in [7, 11) is 0.